The zero-order chi connectivity index (χ0) is 12.0. The van der Waals surface area contributed by atoms with E-state index in [0.29, 0.717) is 5.92 Å². The third-order valence-corrected chi connectivity index (χ3v) is 3.39. The Hall–Kier alpha value is -1.08. The smallest absolute Gasteiger partial charge is 0.303 e. The Morgan fingerprint density at radius 2 is 2.19 bits per heavy atom. The molecular weight excluding hydrogens is 204 g/mol. The lowest BCUT2D eigenvalue weighted by Crippen LogP contribution is -2.40. The van der Waals surface area contributed by atoms with Crippen LogP contribution in [0.3, 0.4) is 0 Å². The number of aliphatic carboxylic acids is 1. The summed E-state index contributed by atoms with van der Waals surface area (Å²) >= 11 is 0. The summed E-state index contributed by atoms with van der Waals surface area (Å²) in [5, 5.41) is 17.6. The molecule has 0 spiro atoms. The SMILES string of the molecule is CCC(C#N)N1CCC(CCC(=O)O)CC1. The van der Waals surface area contributed by atoms with Gasteiger partial charge in [-0.15, -0.1) is 0 Å². The number of rotatable bonds is 5. The first-order chi connectivity index (χ1) is 7.67. The van der Waals surface area contributed by atoms with E-state index in [2.05, 4.69) is 11.0 Å². The number of piperidine rings is 1. The van der Waals surface area contributed by atoms with Crippen LogP contribution in [0, 0.1) is 17.2 Å². The van der Waals surface area contributed by atoms with Gasteiger partial charge in [-0.1, -0.05) is 6.92 Å². The lowest BCUT2D eigenvalue weighted by Gasteiger charge is -2.34. The predicted molar refractivity (Wildman–Crippen MR) is 60.9 cm³/mol. The van der Waals surface area contributed by atoms with E-state index < -0.39 is 5.97 Å². The summed E-state index contributed by atoms with van der Waals surface area (Å²) in [5.41, 5.74) is 0. The zero-order valence-electron chi connectivity index (χ0n) is 9.85. The van der Waals surface area contributed by atoms with E-state index in [4.69, 9.17) is 10.4 Å². The first-order valence-electron chi connectivity index (χ1n) is 6.02. The minimum atomic E-state index is -0.703. The van der Waals surface area contributed by atoms with Crippen molar-refractivity contribution in [2.75, 3.05) is 13.1 Å². The highest BCUT2D eigenvalue weighted by atomic mass is 16.4. The highest BCUT2D eigenvalue weighted by molar-refractivity contribution is 5.66. The molecule has 1 fully saturated rings. The van der Waals surface area contributed by atoms with E-state index in [1.54, 1.807) is 0 Å². The fourth-order valence-electron chi connectivity index (χ4n) is 2.31. The van der Waals surface area contributed by atoms with Gasteiger partial charge in [0.2, 0.25) is 0 Å². The molecule has 0 aliphatic carbocycles. The van der Waals surface area contributed by atoms with Crippen LogP contribution in [0.1, 0.15) is 39.0 Å². The van der Waals surface area contributed by atoms with Crippen LogP contribution in [-0.2, 0) is 4.79 Å². The predicted octanol–water partition coefficient (Wildman–Crippen LogP) is 1.87. The molecule has 1 rings (SSSR count). The second-order valence-electron chi connectivity index (χ2n) is 4.46. The number of nitriles is 1. The average Bonchev–Trinajstić information content (AvgIpc) is 2.29. The summed E-state index contributed by atoms with van der Waals surface area (Å²) in [6.45, 7) is 3.91. The maximum Gasteiger partial charge on any atom is 0.303 e. The average molecular weight is 224 g/mol. The van der Waals surface area contributed by atoms with Crippen LogP contribution in [0.2, 0.25) is 0 Å². The normalized spacial score (nSPS) is 20.2. The molecule has 1 saturated heterocycles. The Bertz CT molecular complexity index is 265. The van der Waals surface area contributed by atoms with E-state index >= 15 is 0 Å². The van der Waals surface area contributed by atoms with E-state index in [1.807, 2.05) is 6.92 Å². The standard InChI is InChI=1S/C12H20N2O2/c1-2-11(9-13)14-7-5-10(6-8-14)3-4-12(15)16/h10-11H,2-8H2,1H3,(H,15,16). The molecule has 1 unspecified atom stereocenters. The molecule has 1 aliphatic rings. The fraction of sp³-hybridized carbons (Fsp3) is 0.833. The summed E-state index contributed by atoms with van der Waals surface area (Å²) in [6.07, 6.45) is 4.00. The summed E-state index contributed by atoms with van der Waals surface area (Å²) in [7, 11) is 0. The van der Waals surface area contributed by atoms with Gasteiger partial charge in [-0.3, -0.25) is 9.69 Å². The van der Waals surface area contributed by atoms with Crippen LogP contribution >= 0.6 is 0 Å². The van der Waals surface area contributed by atoms with Gasteiger partial charge in [-0.2, -0.15) is 5.26 Å². The lowest BCUT2D eigenvalue weighted by molar-refractivity contribution is -0.137. The highest BCUT2D eigenvalue weighted by Crippen LogP contribution is 2.23. The van der Waals surface area contributed by atoms with Crippen LogP contribution in [0.4, 0.5) is 0 Å². The van der Waals surface area contributed by atoms with Crippen molar-refractivity contribution in [3.8, 4) is 6.07 Å². The van der Waals surface area contributed by atoms with Crippen molar-refractivity contribution in [2.24, 2.45) is 5.92 Å². The minimum Gasteiger partial charge on any atom is -0.481 e. The van der Waals surface area contributed by atoms with Gasteiger partial charge in [0.25, 0.3) is 0 Å². The van der Waals surface area contributed by atoms with E-state index in [0.717, 1.165) is 38.8 Å². The second kappa shape index (κ2) is 6.49. The van der Waals surface area contributed by atoms with Gasteiger partial charge in [0, 0.05) is 6.42 Å². The molecule has 0 saturated carbocycles. The molecule has 0 aromatic rings. The fourth-order valence-corrected chi connectivity index (χ4v) is 2.31. The quantitative estimate of drug-likeness (QED) is 0.774. The molecule has 1 heterocycles. The molecule has 0 aromatic carbocycles. The number of carbonyl (C=O) groups is 1. The van der Waals surface area contributed by atoms with Crippen LogP contribution in [0.5, 0.6) is 0 Å². The Morgan fingerprint density at radius 1 is 1.56 bits per heavy atom. The summed E-state index contributed by atoms with van der Waals surface area (Å²) in [4.78, 5) is 12.7. The van der Waals surface area contributed by atoms with Gasteiger partial charge in [0.15, 0.2) is 0 Å². The maximum absolute atomic E-state index is 10.5. The Balaban J connectivity index is 2.28. The number of carboxylic acids is 1. The van der Waals surface area contributed by atoms with Crippen molar-refractivity contribution in [3.05, 3.63) is 0 Å². The first-order valence-corrected chi connectivity index (χ1v) is 6.02. The number of likely N-dealkylation sites (tertiary alicyclic amines) is 1. The number of carboxylic acid groups (broad SMARTS) is 1. The molecule has 90 valence electrons. The van der Waals surface area contributed by atoms with Gasteiger partial charge >= 0.3 is 5.97 Å². The largest absolute Gasteiger partial charge is 0.481 e. The van der Waals surface area contributed by atoms with E-state index in [-0.39, 0.29) is 12.5 Å². The monoisotopic (exact) mass is 224 g/mol. The first kappa shape index (κ1) is 13.0. The Kier molecular flexibility index (Phi) is 5.27. The van der Waals surface area contributed by atoms with Crippen molar-refractivity contribution in [1.82, 2.24) is 4.90 Å². The van der Waals surface area contributed by atoms with E-state index in [9.17, 15) is 4.79 Å². The molecule has 0 radical (unpaired) electrons. The van der Waals surface area contributed by atoms with Crippen LogP contribution in [0.25, 0.3) is 0 Å². The molecule has 4 heteroatoms. The number of hydrogen-bond donors (Lipinski definition) is 1. The molecule has 0 bridgehead atoms. The van der Waals surface area contributed by atoms with Crippen molar-refractivity contribution >= 4 is 5.97 Å². The Morgan fingerprint density at radius 3 is 2.62 bits per heavy atom. The molecule has 0 aromatic heterocycles. The third kappa shape index (κ3) is 3.82. The zero-order valence-corrected chi connectivity index (χ0v) is 9.85. The molecule has 16 heavy (non-hydrogen) atoms. The third-order valence-electron chi connectivity index (χ3n) is 3.39. The molecular formula is C12H20N2O2. The van der Waals surface area contributed by atoms with Gasteiger partial charge in [-0.25, -0.2) is 0 Å². The molecule has 4 nitrogen and oxygen atoms in total. The number of hydrogen-bond acceptors (Lipinski definition) is 3. The summed E-state index contributed by atoms with van der Waals surface area (Å²) in [6, 6.07) is 2.36. The molecule has 1 atom stereocenters. The van der Waals surface area contributed by atoms with Crippen LogP contribution in [0.15, 0.2) is 0 Å². The lowest BCUT2D eigenvalue weighted by atomic mass is 9.91. The van der Waals surface area contributed by atoms with Crippen molar-refractivity contribution in [1.29, 1.82) is 5.26 Å². The van der Waals surface area contributed by atoms with Crippen molar-refractivity contribution in [3.63, 3.8) is 0 Å². The van der Waals surface area contributed by atoms with Gasteiger partial charge in [0.1, 0.15) is 0 Å². The maximum atomic E-state index is 10.5. The number of nitrogens with zero attached hydrogens (tertiary/aromatic N) is 2. The molecule has 1 N–H and O–H groups in total. The van der Waals surface area contributed by atoms with E-state index in [1.165, 1.54) is 0 Å². The van der Waals surface area contributed by atoms with Crippen LogP contribution < -0.4 is 0 Å². The second-order valence-corrected chi connectivity index (χ2v) is 4.46. The Labute approximate surface area is 96.9 Å². The minimum absolute atomic E-state index is 0.0421. The highest BCUT2D eigenvalue weighted by Gasteiger charge is 2.23. The summed E-state index contributed by atoms with van der Waals surface area (Å²) in [5.74, 6) is -0.172. The summed E-state index contributed by atoms with van der Waals surface area (Å²) < 4.78 is 0. The van der Waals surface area contributed by atoms with Crippen LogP contribution in [-0.4, -0.2) is 35.1 Å². The van der Waals surface area contributed by atoms with Gasteiger partial charge in [-0.05, 0) is 44.7 Å². The van der Waals surface area contributed by atoms with Gasteiger partial charge in [0.05, 0.1) is 12.1 Å². The topological polar surface area (TPSA) is 64.3 Å². The van der Waals surface area contributed by atoms with Crippen molar-refractivity contribution in [2.45, 2.75) is 45.1 Å². The molecule has 1 aliphatic heterocycles. The van der Waals surface area contributed by atoms with Crippen molar-refractivity contribution < 1.29 is 9.90 Å². The van der Waals surface area contributed by atoms with Gasteiger partial charge < -0.3 is 5.11 Å². The molecule has 0 amide bonds.